The fourth-order valence-electron chi connectivity index (χ4n) is 1.57. The van der Waals surface area contributed by atoms with Gasteiger partial charge in [0.25, 0.3) is 0 Å². The minimum Gasteiger partial charge on any atom is -0.447 e. The second-order valence-corrected chi connectivity index (χ2v) is 5.17. The highest BCUT2D eigenvalue weighted by atomic mass is 32.2. The Hall–Kier alpha value is -0.680. The Bertz CT molecular complexity index is 290. The Morgan fingerprint density at radius 1 is 1.57 bits per heavy atom. The fraction of sp³-hybridized carbons (Fsp3) is 0.667. The van der Waals surface area contributed by atoms with Gasteiger partial charge in [-0.25, -0.2) is 4.98 Å². The second kappa shape index (κ2) is 4.70. The Labute approximate surface area is 85.6 Å². The van der Waals surface area contributed by atoms with Crippen LogP contribution < -0.4 is 5.32 Å². The van der Waals surface area contributed by atoms with Crippen molar-refractivity contribution in [3.63, 3.8) is 0 Å². The number of nitrogens with zero attached hydrogens (tertiary/aromatic N) is 1. The standard InChI is InChI=1S/C9H14N2O2S/c12-14-3-1-8(2-4-14)11-6-9-5-10-7-13-9/h5,7-8,11H,1-4,6H2. The van der Waals surface area contributed by atoms with Gasteiger partial charge < -0.3 is 9.73 Å². The number of hydrogen-bond donors (Lipinski definition) is 1. The van der Waals surface area contributed by atoms with E-state index in [1.807, 2.05) is 0 Å². The van der Waals surface area contributed by atoms with E-state index in [4.69, 9.17) is 4.42 Å². The molecule has 0 bridgehead atoms. The number of rotatable bonds is 3. The highest BCUT2D eigenvalue weighted by Gasteiger charge is 2.17. The zero-order valence-corrected chi connectivity index (χ0v) is 8.76. The molecular formula is C9H14N2O2S. The molecule has 0 unspecified atom stereocenters. The molecule has 1 fully saturated rings. The van der Waals surface area contributed by atoms with E-state index in [9.17, 15) is 4.21 Å². The molecule has 1 saturated heterocycles. The highest BCUT2D eigenvalue weighted by Crippen LogP contribution is 2.09. The van der Waals surface area contributed by atoms with E-state index in [-0.39, 0.29) is 0 Å². The van der Waals surface area contributed by atoms with Crippen LogP contribution in [-0.4, -0.2) is 26.7 Å². The lowest BCUT2D eigenvalue weighted by Crippen LogP contribution is -2.35. The van der Waals surface area contributed by atoms with Crippen LogP contribution >= 0.6 is 0 Å². The van der Waals surface area contributed by atoms with E-state index < -0.39 is 10.8 Å². The predicted octanol–water partition coefficient (Wildman–Crippen LogP) is 0.675. The van der Waals surface area contributed by atoms with Crippen LogP contribution in [0.5, 0.6) is 0 Å². The summed E-state index contributed by atoms with van der Waals surface area (Å²) < 4.78 is 16.2. The van der Waals surface area contributed by atoms with Crippen molar-refractivity contribution in [2.45, 2.75) is 25.4 Å². The fourth-order valence-corrected chi connectivity index (χ4v) is 2.87. The largest absolute Gasteiger partial charge is 0.447 e. The Morgan fingerprint density at radius 2 is 2.36 bits per heavy atom. The number of nitrogens with one attached hydrogen (secondary N) is 1. The van der Waals surface area contributed by atoms with Gasteiger partial charge in [0, 0.05) is 28.3 Å². The number of oxazole rings is 1. The minimum atomic E-state index is -0.577. The van der Waals surface area contributed by atoms with Crippen LogP contribution in [0.4, 0.5) is 0 Å². The first kappa shape index (κ1) is 9.86. The third-order valence-corrected chi connectivity index (χ3v) is 3.82. The van der Waals surface area contributed by atoms with Crippen molar-refractivity contribution in [3.8, 4) is 0 Å². The third-order valence-electron chi connectivity index (χ3n) is 2.44. The maximum atomic E-state index is 11.1. The maximum Gasteiger partial charge on any atom is 0.180 e. The van der Waals surface area contributed by atoms with Crippen molar-refractivity contribution in [2.24, 2.45) is 0 Å². The van der Waals surface area contributed by atoms with Gasteiger partial charge in [-0.15, -0.1) is 0 Å². The monoisotopic (exact) mass is 214 g/mol. The van der Waals surface area contributed by atoms with Crippen LogP contribution in [0.2, 0.25) is 0 Å². The molecular weight excluding hydrogens is 200 g/mol. The molecule has 0 saturated carbocycles. The van der Waals surface area contributed by atoms with E-state index in [0.29, 0.717) is 6.04 Å². The smallest absolute Gasteiger partial charge is 0.180 e. The zero-order chi connectivity index (χ0) is 9.80. The summed E-state index contributed by atoms with van der Waals surface area (Å²) in [5, 5.41) is 3.38. The van der Waals surface area contributed by atoms with Crippen LogP contribution in [0.1, 0.15) is 18.6 Å². The van der Waals surface area contributed by atoms with Gasteiger partial charge in [-0.2, -0.15) is 0 Å². The summed E-state index contributed by atoms with van der Waals surface area (Å²) in [6.07, 6.45) is 5.16. The van der Waals surface area contributed by atoms with Gasteiger partial charge in [0.2, 0.25) is 0 Å². The van der Waals surface area contributed by atoms with Crippen LogP contribution in [0.15, 0.2) is 17.0 Å². The summed E-state index contributed by atoms with van der Waals surface area (Å²) in [5.41, 5.74) is 0. The average Bonchev–Trinajstić information content (AvgIpc) is 2.70. The predicted molar refractivity (Wildman–Crippen MR) is 54.2 cm³/mol. The Morgan fingerprint density at radius 3 is 3.00 bits per heavy atom. The van der Waals surface area contributed by atoms with Crippen LogP contribution in [-0.2, 0) is 17.3 Å². The van der Waals surface area contributed by atoms with Gasteiger partial charge in [0.1, 0.15) is 5.76 Å². The molecule has 1 aromatic heterocycles. The van der Waals surface area contributed by atoms with E-state index in [2.05, 4.69) is 10.3 Å². The molecule has 1 aliphatic heterocycles. The van der Waals surface area contributed by atoms with Crippen molar-refractivity contribution >= 4 is 10.8 Å². The Balaban J connectivity index is 1.73. The van der Waals surface area contributed by atoms with Crippen LogP contribution in [0.25, 0.3) is 0 Å². The molecule has 0 radical (unpaired) electrons. The molecule has 0 atom stereocenters. The first-order valence-electron chi connectivity index (χ1n) is 4.80. The van der Waals surface area contributed by atoms with Gasteiger partial charge in [-0.3, -0.25) is 4.21 Å². The number of hydrogen-bond acceptors (Lipinski definition) is 4. The lowest BCUT2D eigenvalue weighted by molar-refractivity contribution is 0.424. The molecule has 1 N–H and O–H groups in total. The molecule has 1 aliphatic rings. The van der Waals surface area contributed by atoms with Crippen molar-refractivity contribution in [3.05, 3.63) is 18.4 Å². The van der Waals surface area contributed by atoms with Crippen LogP contribution in [0.3, 0.4) is 0 Å². The van der Waals surface area contributed by atoms with Crippen LogP contribution in [0, 0.1) is 0 Å². The molecule has 14 heavy (non-hydrogen) atoms. The van der Waals surface area contributed by atoms with E-state index in [1.165, 1.54) is 6.39 Å². The first-order chi connectivity index (χ1) is 6.84. The van der Waals surface area contributed by atoms with E-state index in [0.717, 1.165) is 36.7 Å². The van der Waals surface area contributed by atoms with Gasteiger partial charge in [-0.05, 0) is 12.8 Å². The molecule has 0 amide bonds. The summed E-state index contributed by atoms with van der Waals surface area (Å²) in [7, 11) is -0.577. The molecule has 5 heteroatoms. The molecule has 4 nitrogen and oxygen atoms in total. The van der Waals surface area contributed by atoms with Crippen molar-refractivity contribution in [1.29, 1.82) is 0 Å². The average molecular weight is 214 g/mol. The van der Waals surface area contributed by atoms with Gasteiger partial charge >= 0.3 is 0 Å². The lowest BCUT2D eigenvalue weighted by Gasteiger charge is -2.21. The van der Waals surface area contributed by atoms with Gasteiger partial charge in [0.15, 0.2) is 6.39 Å². The molecule has 2 rings (SSSR count). The summed E-state index contributed by atoms with van der Waals surface area (Å²) in [4.78, 5) is 3.84. The summed E-state index contributed by atoms with van der Waals surface area (Å²) in [5.74, 6) is 2.51. The van der Waals surface area contributed by atoms with Gasteiger partial charge in [-0.1, -0.05) is 0 Å². The normalized spacial score (nSPS) is 27.7. The highest BCUT2D eigenvalue weighted by molar-refractivity contribution is 7.85. The first-order valence-corrected chi connectivity index (χ1v) is 6.29. The summed E-state index contributed by atoms with van der Waals surface area (Å²) in [6, 6.07) is 0.484. The van der Waals surface area contributed by atoms with E-state index >= 15 is 0 Å². The third kappa shape index (κ3) is 2.65. The topological polar surface area (TPSA) is 55.1 Å². The quantitative estimate of drug-likeness (QED) is 0.803. The second-order valence-electron chi connectivity index (χ2n) is 3.47. The molecule has 1 aromatic rings. The maximum absolute atomic E-state index is 11.1. The zero-order valence-electron chi connectivity index (χ0n) is 7.94. The van der Waals surface area contributed by atoms with Crippen molar-refractivity contribution in [1.82, 2.24) is 10.3 Å². The van der Waals surface area contributed by atoms with Crippen molar-refractivity contribution in [2.75, 3.05) is 11.5 Å². The molecule has 0 aliphatic carbocycles. The molecule has 0 spiro atoms. The molecule has 78 valence electrons. The minimum absolute atomic E-state index is 0.484. The lowest BCUT2D eigenvalue weighted by atomic mass is 10.1. The number of aromatic nitrogens is 1. The summed E-state index contributed by atoms with van der Waals surface area (Å²) in [6.45, 7) is 0.720. The Kier molecular flexibility index (Phi) is 3.31. The van der Waals surface area contributed by atoms with Crippen molar-refractivity contribution < 1.29 is 8.63 Å². The molecule has 2 heterocycles. The van der Waals surface area contributed by atoms with Gasteiger partial charge in [0.05, 0.1) is 12.7 Å². The molecule has 0 aromatic carbocycles. The summed E-state index contributed by atoms with van der Waals surface area (Å²) >= 11 is 0. The SMILES string of the molecule is O=S1CCC(NCc2cnco2)CC1. The van der Waals surface area contributed by atoms with E-state index in [1.54, 1.807) is 6.20 Å².